The van der Waals surface area contributed by atoms with Crippen LogP contribution in [0.5, 0.6) is 0 Å². The molecule has 28 heavy (non-hydrogen) atoms. The number of aromatic nitrogens is 5. The summed E-state index contributed by atoms with van der Waals surface area (Å²) in [7, 11) is 0. The van der Waals surface area contributed by atoms with Gasteiger partial charge in [0.1, 0.15) is 11.5 Å². The second-order valence-electron chi connectivity index (χ2n) is 6.71. The Kier molecular flexibility index (Phi) is 3.75. The standard InChI is InChI=1S/C20H17N7O/c21-18(28)17-13-10-11(7-8-15(13)26-27-17)23-19-12-4-3-6-14(12)24-20(25-19)16-5-1-2-9-22-16/h1-2,5,7-10H,3-4,6H2,(H2,21,28)(H,26,27)(H,23,24,25). The molecule has 4 aromatic rings. The number of primary amides is 1. The number of aromatic amines is 1. The largest absolute Gasteiger partial charge is 0.364 e. The zero-order valence-electron chi connectivity index (χ0n) is 14.9. The third-order valence-corrected chi connectivity index (χ3v) is 4.89. The van der Waals surface area contributed by atoms with Gasteiger partial charge in [-0.1, -0.05) is 6.07 Å². The third kappa shape index (κ3) is 2.75. The van der Waals surface area contributed by atoms with Gasteiger partial charge in [0.2, 0.25) is 0 Å². The summed E-state index contributed by atoms with van der Waals surface area (Å²) in [4.78, 5) is 25.4. The Bertz CT molecular complexity index is 1200. The van der Waals surface area contributed by atoms with Crippen molar-refractivity contribution in [3.63, 3.8) is 0 Å². The fourth-order valence-corrected chi connectivity index (χ4v) is 3.56. The Morgan fingerprint density at radius 2 is 2.07 bits per heavy atom. The van der Waals surface area contributed by atoms with E-state index in [1.807, 2.05) is 36.4 Å². The van der Waals surface area contributed by atoms with Gasteiger partial charge in [-0.3, -0.25) is 14.9 Å². The van der Waals surface area contributed by atoms with Crippen molar-refractivity contribution in [2.75, 3.05) is 5.32 Å². The van der Waals surface area contributed by atoms with Crippen LogP contribution in [0, 0.1) is 0 Å². The molecule has 138 valence electrons. The number of fused-ring (bicyclic) bond motifs is 2. The second kappa shape index (κ2) is 6.41. The van der Waals surface area contributed by atoms with E-state index in [9.17, 15) is 4.79 Å². The zero-order chi connectivity index (χ0) is 19.1. The summed E-state index contributed by atoms with van der Waals surface area (Å²) in [6.07, 6.45) is 4.65. The molecule has 0 saturated heterocycles. The highest BCUT2D eigenvalue weighted by Crippen LogP contribution is 2.31. The molecule has 0 saturated carbocycles. The summed E-state index contributed by atoms with van der Waals surface area (Å²) in [5.74, 6) is 0.807. The molecule has 1 aromatic carbocycles. The van der Waals surface area contributed by atoms with Crippen molar-refractivity contribution in [3.8, 4) is 11.5 Å². The van der Waals surface area contributed by atoms with Crippen LogP contribution in [0.4, 0.5) is 11.5 Å². The van der Waals surface area contributed by atoms with Gasteiger partial charge in [-0.15, -0.1) is 0 Å². The van der Waals surface area contributed by atoms with E-state index in [1.165, 1.54) is 0 Å². The molecule has 0 radical (unpaired) electrons. The lowest BCUT2D eigenvalue weighted by molar-refractivity contribution is 0.0997. The van der Waals surface area contributed by atoms with Crippen LogP contribution in [0.3, 0.4) is 0 Å². The van der Waals surface area contributed by atoms with Crippen LogP contribution in [0.15, 0.2) is 42.6 Å². The molecule has 3 aromatic heterocycles. The molecule has 8 nitrogen and oxygen atoms in total. The molecule has 4 N–H and O–H groups in total. The number of pyridine rings is 1. The van der Waals surface area contributed by atoms with Crippen molar-refractivity contribution in [3.05, 3.63) is 59.5 Å². The van der Waals surface area contributed by atoms with Gasteiger partial charge < -0.3 is 11.1 Å². The number of rotatable bonds is 4. The number of carbonyl (C=O) groups is 1. The van der Waals surface area contributed by atoms with Crippen LogP contribution in [0.25, 0.3) is 22.4 Å². The average Bonchev–Trinajstić information content (AvgIpc) is 3.35. The first-order valence-corrected chi connectivity index (χ1v) is 9.05. The fraction of sp³-hybridized carbons (Fsp3) is 0.150. The Morgan fingerprint density at radius 3 is 2.89 bits per heavy atom. The van der Waals surface area contributed by atoms with Crippen LogP contribution in [-0.4, -0.2) is 31.1 Å². The lowest BCUT2D eigenvalue weighted by Crippen LogP contribution is -2.11. The first-order chi connectivity index (χ1) is 13.7. The number of carbonyl (C=O) groups excluding carboxylic acids is 1. The first kappa shape index (κ1) is 16.4. The van der Waals surface area contributed by atoms with Gasteiger partial charge in [-0.05, 0) is 49.6 Å². The number of hydrogen-bond donors (Lipinski definition) is 3. The van der Waals surface area contributed by atoms with Gasteiger partial charge in [0.25, 0.3) is 5.91 Å². The van der Waals surface area contributed by atoms with Crippen molar-refractivity contribution in [2.24, 2.45) is 5.73 Å². The highest BCUT2D eigenvalue weighted by Gasteiger charge is 2.21. The topological polar surface area (TPSA) is 122 Å². The maximum absolute atomic E-state index is 11.6. The number of nitrogens with one attached hydrogen (secondary N) is 2. The molecule has 0 atom stereocenters. The summed E-state index contributed by atoms with van der Waals surface area (Å²) < 4.78 is 0. The second-order valence-corrected chi connectivity index (χ2v) is 6.71. The van der Waals surface area contributed by atoms with Crippen LogP contribution in [-0.2, 0) is 12.8 Å². The van der Waals surface area contributed by atoms with E-state index in [4.69, 9.17) is 15.7 Å². The first-order valence-electron chi connectivity index (χ1n) is 9.05. The van der Waals surface area contributed by atoms with E-state index >= 15 is 0 Å². The maximum atomic E-state index is 11.6. The maximum Gasteiger partial charge on any atom is 0.269 e. The van der Waals surface area contributed by atoms with Gasteiger partial charge in [-0.25, -0.2) is 9.97 Å². The lowest BCUT2D eigenvalue weighted by atomic mass is 10.1. The number of nitrogens with two attached hydrogens (primary N) is 1. The van der Waals surface area contributed by atoms with Crippen molar-refractivity contribution in [1.82, 2.24) is 25.1 Å². The predicted octanol–water partition coefficient (Wildman–Crippen LogP) is 2.75. The van der Waals surface area contributed by atoms with Gasteiger partial charge >= 0.3 is 0 Å². The number of aryl methyl sites for hydroxylation is 1. The van der Waals surface area contributed by atoms with Crippen molar-refractivity contribution in [2.45, 2.75) is 19.3 Å². The molecule has 8 heteroatoms. The van der Waals surface area contributed by atoms with Crippen molar-refractivity contribution in [1.29, 1.82) is 0 Å². The molecule has 0 spiro atoms. The van der Waals surface area contributed by atoms with Gasteiger partial charge in [0, 0.05) is 28.5 Å². The number of H-pyrrole nitrogens is 1. The normalized spacial score (nSPS) is 12.9. The number of benzene rings is 1. The number of amides is 1. The van der Waals surface area contributed by atoms with Gasteiger partial charge in [0.05, 0.1) is 5.52 Å². The summed E-state index contributed by atoms with van der Waals surface area (Å²) in [6, 6.07) is 11.3. The molecule has 3 heterocycles. The van der Waals surface area contributed by atoms with Crippen molar-refractivity contribution >= 4 is 28.3 Å². The van der Waals surface area contributed by atoms with E-state index in [0.717, 1.165) is 53.2 Å². The van der Waals surface area contributed by atoms with E-state index in [2.05, 4.69) is 20.5 Å². The average molecular weight is 371 g/mol. The molecule has 1 amide bonds. The van der Waals surface area contributed by atoms with E-state index in [0.29, 0.717) is 11.2 Å². The smallest absolute Gasteiger partial charge is 0.269 e. The van der Waals surface area contributed by atoms with Crippen LogP contribution in [0.1, 0.15) is 28.2 Å². The van der Waals surface area contributed by atoms with Gasteiger partial charge in [-0.2, -0.15) is 5.10 Å². The van der Waals surface area contributed by atoms with Crippen LogP contribution < -0.4 is 11.1 Å². The van der Waals surface area contributed by atoms with Crippen LogP contribution >= 0.6 is 0 Å². The van der Waals surface area contributed by atoms with E-state index in [1.54, 1.807) is 6.20 Å². The zero-order valence-corrected chi connectivity index (χ0v) is 14.9. The predicted molar refractivity (Wildman–Crippen MR) is 105 cm³/mol. The summed E-state index contributed by atoms with van der Waals surface area (Å²) in [6.45, 7) is 0. The minimum absolute atomic E-state index is 0.223. The number of nitrogens with zero attached hydrogens (tertiary/aromatic N) is 4. The van der Waals surface area contributed by atoms with Crippen LogP contribution in [0.2, 0.25) is 0 Å². The number of hydrogen-bond acceptors (Lipinski definition) is 6. The molecule has 0 fully saturated rings. The third-order valence-electron chi connectivity index (χ3n) is 4.89. The number of anilines is 2. The Balaban J connectivity index is 1.58. The molecule has 0 bridgehead atoms. The highest BCUT2D eigenvalue weighted by molar-refractivity contribution is 6.04. The van der Waals surface area contributed by atoms with E-state index < -0.39 is 5.91 Å². The molecular formula is C20H17N7O. The summed E-state index contributed by atoms with van der Waals surface area (Å²) in [5.41, 5.74) is 10.1. The molecule has 0 aliphatic heterocycles. The summed E-state index contributed by atoms with van der Waals surface area (Å²) in [5, 5.41) is 10.9. The van der Waals surface area contributed by atoms with Crippen molar-refractivity contribution < 1.29 is 4.79 Å². The highest BCUT2D eigenvalue weighted by atomic mass is 16.1. The van der Waals surface area contributed by atoms with Gasteiger partial charge in [0.15, 0.2) is 11.5 Å². The summed E-state index contributed by atoms with van der Waals surface area (Å²) >= 11 is 0. The lowest BCUT2D eigenvalue weighted by Gasteiger charge is -2.12. The van der Waals surface area contributed by atoms with E-state index in [-0.39, 0.29) is 5.69 Å². The Labute approximate surface area is 160 Å². The molecule has 5 rings (SSSR count). The molecule has 1 aliphatic carbocycles. The molecular weight excluding hydrogens is 354 g/mol. The molecule has 0 unspecified atom stereocenters. The minimum atomic E-state index is -0.566. The molecule has 1 aliphatic rings. The Hall–Kier alpha value is -3.81. The quantitative estimate of drug-likeness (QED) is 0.507. The Morgan fingerprint density at radius 1 is 1.14 bits per heavy atom. The fourth-order valence-electron chi connectivity index (χ4n) is 3.56. The monoisotopic (exact) mass is 371 g/mol. The minimum Gasteiger partial charge on any atom is -0.364 e. The SMILES string of the molecule is NC(=O)c1n[nH]c2ccc(Nc3nc(-c4ccccn4)nc4c3CCC4)cc12.